The molecular weight excluding hydrogens is 652 g/mol. The van der Waals surface area contributed by atoms with E-state index in [-0.39, 0.29) is 0 Å². The summed E-state index contributed by atoms with van der Waals surface area (Å²) in [5.41, 5.74) is 1.32. The van der Waals surface area contributed by atoms with Crippen LogP contribution in [0.1, 0.15) is 5.56 Å². The zero-order valence-corrected chi connectivity index (χ0v) is 20.4. The van der Waals surface area contributed by atoms with Gasteiger partial charge in [-0.05, 0) is 6.92 Å². The van der Waals surface area contributed by atoms with Gasteiger partial charge in [-0.2, -0.15) is 0 Å². The third kappa shape index (κ3) is 232. The summed E-state index contributed by atoms with van der Waals surface area (Å²) in [6, 6.07) is 10.3. The standard InChI is InChI=1S/C7H8.4AsFH2O3/c1-7-5-3-2-4-6-7;4*2-1(3,4)5/h2-6H,1H3;4*(H2,3,4,5). The van der Waals surface area contributed by atoms with Crippen LogP contribution in [0.4, 0.5) is 13.9 Å². The summed E-state index contributed by atoms with van der Waals surface area (Å²) in [6.07, 6.45) is 0. The van der Waals surface area contributed by atoms with Gasteiger partial charge in [0, 0.05) is 0 Å². The van der Waals surface area contributed by atoms with Gasteiger partial charge in [-0.25, -0.2) is 0 Å². The number of halogens is 4. The molecule has 0 bridgehead atoms. The third-order valence-corrected chi connectivity index (χ3v) is 0.940. The van der Waals surface area contributed by atoms with Crippen LogP contribution >= 0.6 is 0 Å². The van der Waals surface area contributed by atoms with E-state index in [0.29, 0.717) is 0 Å². The Morgan fingerprint density at radius 1 is 0.556 bits per heavy atom. The van der Waals surface area contributed by atoms with E-state index in [2.05, 4.69) is 19.1 Å². The Morgan fingerprint density at radius 2 is 0.704 bits per heavy atom. The van der Waals surface area contributed by atoms with Crippen molar-refractivity contribution in [2.75, 3.05) is 0 Å². The van der Waals surface area contributed by atoms with Crippen LogP contribution in [0.25, 0.3) is 0 Å². The van der Waals surface area contributed by atoms with Crippen LogP contribution in [0.15, 0.2) is 30.3 Å². The fourth-order valence-corrected chi connectivity index (χ4v) is 0.534. The van der Waals surface area contributed by atoms with Crippen molar-refractivity contribution in [3.63, 3.8) is 0 Å². The molecule has 0 aliphatic rings. The van der Waals surface area contributed by atoms with Crippen LogP contribution < -0.4 is 0 Å². The molecule has 27 heavy (non-hydrogen) atoms. The molecule has 1 aromatic carbocycles. The maximum absolute atomic E-state index is 10.4. The Labute approximate surface area is 162 Å². The molecule has 0 saturated carbocycles. The van der Waals surface area contributed by atoms with Gasteiger partial charge in [0.1, 0.15) is 0 Å². The Bertz CT molecular complexity index is 551. The van der Waals surface area contributed by atoms with Gasteiger partial charge < -0.3 is 0 Å². The molecule has 0 fully saturated rings. The molecule has 1 rings (SSSR count). The van der Waals surface area contributed by atoms with E-state index < -0.39 is 58.6 Å². The molecule has 0 spiro atoms. The minimum atomic E-state index is -5.62. The van der Waals surface area contributed by atoms with Gasteiger partial charge in [0.15, 0.2) is 0 Å². The molecular formula is C7H16As4F4O12. The van der Waals surface area contributed by atoms with Crippen molar-refractivity contribution in [1.82, 2.24) is 0 Å². The van der Waals surface area contributed by atoms with Crippen molar-refractivity contribution in [3.8, 4) is 0 Å². The van der Waals surface area contributed by atoms with Crippen molar-refractivity contribution in [3.05, 3.63) is 35.9 Å². The van der Waals surface area contributed by atoms with Crippen molar-refractivity contribution in [2.24, 2.45) is 0 Å². The fraction of sp³-hybridized carbons (Fsp3) is 0.143. The van der Waals surface area contributed by atoms with E-state index in [4.69, 9.17) is 47.7 Å². The molecule has 0 aliphatic heterocycles. The molecule has 20 heteroatoms. The first-order chi connectivity index (χ1) is 11.4. The summed E-state index contributed by atoms with van der Waals surface area (Å²) < 4.78 is 133. The average molecular weight is 668 g/mol. The molecule has 0 saturated heterocycles. The molecule has 0 heterocycles. The molecule has 0 atom stereocenters. The van der Waals surface area contributed by atoms with Crippen molar-refractivity contribution in [2.45, 2.75) is 6.92 Å². The molecule has 12 nitrogen and oxygen atoms in total. The monoisotopic (exact) mass is 668 g/mol. The maximum atomic E-state index is 10.4. The molecule has 8 N–H and O–H groups in total. The number of benzene rings is 1. The van der Waals surface area contributed by atoms with Crippen LogP contribution in [0.5, 0.6) is 0 Å². The molecule has 164 valence electrons. The second-order valence-corrected chi connectivity index (χ2v) is 11.5. The van der Waals surface area contributed by atoms with E-state index in [0.717, 1.165) is 0 Å². The van der Waals surface area contributed by atoms with Gasteiger partial charge in [-0.15, -0.1) is 0 Å². The van der Waals surface area contributed by atoms with Crippen LogP contribution in [0, 0.1) is 6.92 Å². The third-order valence-electron chi connectivity index (χ3n) is 0.940. The molecule has 0 radical (unpaired) electrons. The number of aryl methyl sites for hydroxylation is 1. The Hall–Kier alpha value is 0.0538. The molecule has 1 aromatic rings. The van der Waals surface area contributed by atoms with E-state index in [1.807, 2.05) is 18.2 Å². The first kappa shape index (κ1) is 34.6. The summed E-state index contributed by atoms with van der Waals surface area (Å²) >= 11 is -22.5. The van der Waals surface area contributed by atoms with Gasteiger partial charge >= 0.3 is 120 Å². The fourth-order valence-electron chi connectivity index (χ4n) is 0.534. The van der Waals surface area contributed by atoms with Gasteiger partial charge in [-0.1, -0.05) is 35.9 Å². The van der Waals surface area contributed by atoms with Crippen LogP contribution in [-0.4, -0.2) is 91.3 Å². The van der Waals surface area contributed by atoms with Crippen LogP contribution in [-0.2, 0) is 15.0 Å². The predicted molar refractivity (Wildman–Crippen MR) is 79.1 cm³/mol. The average Bonchev–Trinajstić information content (AvgIpc) is 2.19. The van der Waals surface area contributed by atoms with E-state index in [9.17, 15) is 13.9 Å². The van der Waals surface area contributed by atoms with E-state index in [1.54, 1.807) is 0 Å². The topological polar surface area (TPSA) is 230 Å². The van der Waals surface area contributed by atoms with Gasteiger partial charge in [0.2, 0.25) is 0 Å². The van der Waals surface area contributed by atoms with Gasteiger partial charge in [0.25, 0.3) is 0 Å². The number of hydrogen-bond donors (Lipinski definition) is 8. The number of rotatable bonds is 0. The molecule has 0 aromatic heterocycles. The normalized spacial score (nSPS) is 11.0. The summed E-state index contributed by atoms with van der Waals surface area (Å²) in [5.74, 6) is 0. The Morgan fingerprint density at radius 3 is 0.778 bits per heavy atom. The summed E-state index contributed by atoms with van der Waals surface area (Å²) in [4.78, 5) is 0. The van der Waals surface area contributed by atoms with Crippen molar-refractivity contribution >= 4 is 58.6 Å². The SMILES string of the molecule is Cc1ccccc1.O=[As](O)(O)F.O=[As](O)(O)F.O=[As](O)(O)F.O=[As](O)(O)F. The first-order valence-corrected chi connectivity index (χ1v) is 18.0. The molecule has 0 unspecified atom stereocenters. The molecule has 0 amide bonds. The second-order valence-electron chi connectivity index (χ2n) is 3.55. The summed E-state index contributed by atoms with van der Waals surface area (Å²) in [6.45, 7) is 2.08. The Balaban J connectivity index is -0.000000124. The van der Waals surface area contributed by atoms with Crippen LogP contribution in [0.3, 0.4) is 0 Å². The van der Waals surface area contributed by atoms with Gasteiger partial charge in [0.05, 0.1) is 0 Å². The van der Waals surface area contributed by atoms with Crippen LogP contribution in [0.2, 0.25) is 0 Å². The van der Waals surface area contributed by atoms with Crippen molar-refractivity contribution in [1.29, 1.82) is 0 Å². The zero-order valence-electron chi connectivity index (χ0n) is 12.9. The quantitative estimate of drug-likeness (QED) is 0.104. The Kier molecular flexibility index (Phi) is 20.4. The molecule has 0 aliphatic carbocycles. The van der Waals surface area contributed by atoms with E-state index >= 15 is 0 Å². The first-order valence-electron chi connectivity index (χ1n) is 5.42. The van der Waals surface area contributed by atoms with E-state index in [1.165, 1.54) is 5.56 Å². The second kappa shape index (κ2) is 15.9. The minimum absolute atomic E-state index is 1.32. The van der Waals surface area contributed by atoms with Crippen molar-refractivity contribution < 1.29 is 61.6 Å². The summed E-state index contributed by atoms with van der Waals surface area (Å²) in [7, 11) is 0. The summed E-state index contributed by atoms with van der Waals surface area (Å²) in [5, 5.41) is 0. The number of hydrogen-bond acceptors (Lipinski definition) is 4. The predicted octanol–water partition coefficient (Wildman–Crippen LogP) is -2.78. The van der Waals surface area contributed by atoms with Gasteiger partial charge in [-0.3, -0.25) is 0 Å². The zero-order chi connectivity index (χ0) is 23.1.